The minimum Gasteiger partial charge on any atom is -0.495 e. The molecule has 0 saturated heterocycles. The molecule has 6 heteroatoms. The van der Waals surface area contributed by atoms with Crippen molar-refractivity contribution in [2.75, 3.05) is 12.4 Å². The van der Waals surface area contributed by atoms with Gasteiger partial charge in [0.2, 0.25) is 11.8 Å². The van der Waals surface area contributed by atoms with Crippen molar-refractivity contribution in [2.45, 2.75) is 19.9 Å². The number of aromatic nitrogens is 1. The summed E-state index contributed by atoms with van der Waals surface area (Å²) < 4.78 is 5.19. The van der Waals surface area contributed by atoms with Gasteiger partial charge in [0.15, 0.2) is 0 Å². The highest BCUT2D eigenvalue weighted by atomic mass is 16.5. The second-order valence-electron chi connectivity index (χ2n) is 5.06. The van der Waals surface area contributed by atoms with Crippen LogP contribution < -0.4 is 15.4 Å². The highest BCUT2D eigenvalue weighted by molar-refractivity contribution is 6.04. The number of hydrogen-bond acceptors (Lipinski definition) is 4. The van der Waals surface area contributed by atoms with Crippen LogP contribution in [-0.4, -0.2) is 23.9 Å². The zero-order chi connectivity index (χ0) is 16.7. The molecule has 1 aromatic carbocycles. The molecule has 120 valence electrons. The summed E-state index contributed by atoms with van der Waals surface area (Å²) in [6.45, 7) is 2.28. The molecule has 1 heterocycles. The normalized spacial score (nSPS) is 10.0. The van der Waals surface area contributed by atoms with E-state index in [0.29, 0.717) is 18.0 Å². The van der Waals surface area contributed by atoms with Crippen molar-refractivity contribution in [2.24, 2.45) is 0 Å². The van der Waals surface area contributed by atoms with E-state index in [4.69, 9.17) is 4.74 Å². The van der Waals surface area contributed by atoms with Crippen LogP contribution in [0.25, 0.3) is 0 Å². The Morgan fingerprint density at radius 3 is 2.57 bits per heavy atom. The van der Waals surface area contributed by atoms with E-state index in [-0.39, 0.29) is 18.2 Å². The van der Waals surface area contributed by atoms with Crippen molar-refractivity contribution < 1.29 is 14.3 Å². The van der Waals surface area contributed by atoms with E-state index in [9.17, 15) is 9.59 Å². The lowest BCUT2D eigenvalue weighted by molar-refractivity contribution is -0.126. The number of amides is 2. The summed E-state index contributed by atoms with van der Waals surface area (Å²) in [6, 6.07) is 9.06. The lowest BCUT2D eigenvalue weighted by atomic mass is 10.2. The van der Waals surface area contributed by atoms with Crippen molar-refractivity contribution in [3.05, 3.63) is 53.9 Å². The molecule has 0 atom stereocenters. The SMILES string of the molecule is COc1ccc(C)cc1NC(=O)CC(=O)NCc1ccncc1. The van der Waals surface area contributed by atoms with E-state index in [1.54, 1.807) is 36.7 Å². The summed E-state index contributed by atoms with van der Waals surface area (Å²) in [5.74, 6) is -0.173. The molecule has 0 aliphatic rings. The van der Waals surface area contributed by atoms with E-state index in [1.165, 1.54) is 7.11 Å². The summed E-state index contributed by atoms with van der Waals surface area (Å²) in [4.78, 5) is 27.7. The molecule has 2 N–H and O–H groups in total. The van der Waals surface area contributed by atoms with E-state index in [2.05, 4.69) is 15.6 Å². The number of benzene rings is 1. The molecule has 2 amide bonds. The number of hydrogen-bond donors (Lipinski definition) is 2. The van der Waals surface area contributed by atoms with Gasteiger partial charge < -0.3 is 15.4 Å². The van der Waals surface area contributed by atoms with Crippen LogP contribution in [-0.2, 0) is 16.1 Å². The van der Waals surface area contributed by atoms with Crippen LogP contribution in [0.5, 0.6) is 5.75 Å². The first-order valence-corrected chi connectivity index (χ1v) is 7.18. The molecule has 1 aromatic heterocycles. The van der Waals surface area contributed by atoms with E-state index in [0.717, 1.165) is 11.1 Å². The maximum atomic E-state index is 12.0. The maximum absolute atomic E-state index is 12.0. The van der Waals surface area contributed by atoms with Gasteiger partial charge >= 0.3 is 0 Å². The third kappa shape index (κ3) is 5.10. The Kier molecular flexibility index (Phi) is 5.68. The van der Waals surface area contributed by atoms with Gasteiger partial charge in [-0.05, 0) is 42.3 Å². The number of carbonyl (C=O) groups is 2. The van der Waals surface area contributed by atoms with Crippen LogP contribution >= 0.6 is 0 Å². The Labute approximate surface area is 134 Å². The predicted molar refractivity (Wildman–Crippen MR) is 87.1 cm³/mol. The smallest absolute Gasteiger partial charge is 0.233 e. The van der Waals surface area contributed by atoms with Crippen molar-refractivity contribution in [3.8, 4) is 5.75 Å². The van der Waals surface area contributed by atoms with Crippen LogP contribution in [0, 0.1) is 6.92 Å². The predicted octanol–water partition coefficient (Wildman–Crippen LogP) is 2.04. The Morgan fingerprint density at radius 1 is 1.13 bits per heavy atom. The molecule has 6 nitrogen and oxygen atoms in total. The summed E-state index contributed by atoms with van der Waals surface area (Å²) in [5, 5.41) is 5.39. The maximum Gasteiger partial charge on any atom is 0.233 e. The average molecular weight is 313 g/mol. The van der Waals surface area contributed by atoms with Gasteiger partial charge in [0, 0.05) is 18.9 Å². The monoisotopic (exact) mass is 313 g/mol. The highest BCUT2D eigenvalue weighted by Crippen LogP contribution is 2.25. The van der Waals surface area contributed by atoms with Gasteiger partial charge in [-0.1, -0.05) is 6.07 Å². The largest absolute Gasteiger partial charge is 0.495 e. The fourth-order valence-corrected chi connectivity index (χ4v) is 2.02. The third-order valence-corrected chi connectivity index (χ3v) is 3.19. The van der Waals surface area contributed by atoms with Crippen molar-refractivity contribution in [1.82, 2.24) is 10.3 Å². The number of anilines is 1. The number of rotatable bonds is 6. The third-order valence-electron chi connectivity index (χ3n) is 3.19. The van der Waals surface area contributed by atoms with Crippen molar-refractivity contribution in [1.29, 1.82) is 0 Å². The van der Waals surface area contributed by atoms with Gasteiger partial charge in [-0.15, -0.1) is 0 Å². The number of nitrogens with one attached hydrogen (secondary N) is 2. The summed E-state index contributed by atoms with van der Waals surface area (Å²) in [5.41, 5.74) is 2.47. The quantitative estimate of drug-likeness (QED) is 0.800. The second-order valence-corrected chi connectivity index (χ2v) is 5.06. The molecule has 2 aromatic rings. The topological polar surface area (TPSA) is 80.3 Å². The molecule has 0 bridgehead atoms. The molecule has 2 rings (SSSR count). The van der Waals surface area contributed by atoms with Gasteiger partial charge in [0.05, 0.1) is 12.8 Å². The molecule has 0 aliphatic carbocycles. The second kappa shape index (κ2) is 7.93. The number of nitrogens with zero attached hydrogens (tertiary/aromatic N) is 1. The molecule has 0 fully saturated rings. The summed E-state index contributed by atoms with van der Waals surface area (Å²) in [6.07, 6.45) is 3.05. The van der Waals surface area contributed by atoms with Crippen LogP contribution in [0.15, 0.2) is 42.7 Å². The zero-order valence-corrected chi connectivity index (χ0v) is 13.1. The molecule has 0 saturated carbocycles. The van der Waals surface area contributed by atoms with Gasteiger partial charge in [0.25, 0.3) is 0 Å². The Hall–Kier alpha value is -2.89. The first-order valence-electron chi connectivity index (χ1n) is 7.18. The molecular weight excluding hydrogens is 294 g/mol. The molecular formula is C17H19N3O3. The van der Waals surface area contributed by atoms with Gasteiger partial charge in [-0.3, -0.25) is 14.6 Å². The lowest BCUT2D eigenvalue weighted by Gasteiger charge is -2.11. The van der Waals surface area contributed by atoms with Gasteiger partial charge in [-0.25, -0.2) is 0 Å². The molecule has 0 radical (unpaired) electrons. The molecule has 23 heavy (non-hydrogen) atoms. The lowest BCUT2D eigenvalue weighted by Crippen LogP contribution is -2.27. The standard InChI is InChI=1S/C17H19N3O3/c1-12-3-4-15(23-2)14(9-12)20-17(22)10-16(21)19-11-13-5-7-18-8-6-13/h3-9H,10-11H2,1-2H3,(H,19,21)(H,20,22). The molecule has 0 spiro atoms. The van der Waals surface area contributed by atoms with Crippen molar-refractivity contribution in [3.63, 3.8) is 0 Å². The van der Waals surface area contributed by atoms with Crippen LogP contribution in [0.4, 0.5) is 5.69 Å². The number of methoxy groups -OCH3 is 1. The fourth-order valence-electron chi connectivity index (χ4n) is 2.02. The van der Waals surface area contributed by atoms with E-state index in [1.807, 2.05) is 13.0 Å². The molecule has 0 aliphatic heterocycles. The minimum atomic E-state index is -0.388. The highest BCUT2D eigenvalue weighted by Gasteiger charge is 2.12. The van der Waals surface area contributed by atoms with E-state index < -0.39 is 0 Å². The Balaban J connectivity index is 1.87. The van der Waals surface area contributed by atoms with E-state index >= 15 is 0 Å². The zero-order valence-electron chi connectivity index (χ0n) is 13.1. The van der Waals surface area contributed by atoms with Gasteiger partial charge in [-0.2, -0.15) is 0 Å². The van der Waals surface area contributed by atoms with Crippen LogP contribution in [0.1, 0.15) is 17.5 Å². The Morgan fingerprint density at radius 2 is 1.87 bits per heavy atom. The average Bonchev–Trinajstić information content (AvgIpc) is 2.54. The first kappa shape index (κ1) is 16.5. The van der Waals surface area contributed by atoms with Crippen LogP contribution in [0.2, 0.25) is 0 Å². The first-order chi connectivity index (χ1) is 11.1. The summed E-state index contributed by atoms with van der Waals surface area (Å²) >= 11 is 0. The minimum absolute atomic E-state index is 0.248. The van der Waals surface area contributed by atoms with Gasteiger partial charge in [0.1, 0.15) is 12.2 Å². The number of pyridine rings is 1. The molecule has 0 unspecified atom stereocenters. The number of ether oxygens (including phenoxy) is 1. The summed E-state index contributed by atoms with van der Waals surface area (Å²) in [7, 11) is 1.53. The fraction of sp³-hybridized carbons (Fsp3) is 0.235. The number of aryl methyl sites for hydroxylation is 1. The van der Waals surface area contributed by atoms with Crippen LogP contribution in [0.3, 0.4) is 0 Å². The number of carbonyl (C=O) groups excluding carboxylic acids is 2. The van der Waals surface area contributed by atoms with Crippen molar-refractivity contribution >= 4 is 17.5 Å². The Bertz CT molecular complexity index is 687.